The van der Waals surface area contributed by atoms with Crippen LogP contribution in [0.15, 0.2) is 18.2 Å². The molecule has 1 aromatic rings. The van der Waals surface area contributed by atoms with Crippen molar-refractivity contribution in [3.05, 3.63) is 29.3 Å². The third kappa shape index (κ3) is 5.21. The molecule has 0 aliphatic rings. The van der Waals surface area contributed by atoms with Gasteiger partial charge >= 0.3 is 0 Å². The van der Waals surface area contributed by atoms with Crippen molar-refractivity contribution in [2.75, 3.05) is 33.5 Å². The zero-order valence-corrected chi connectivity index (χ0v) is 13.5. The average molecular weight is 277 g/mol. The minimum atomic E-state index is 0.119. The predicted octanol–water partition coefficient (Wildman–Crippen LogP) is 2.34. The maximum Gasteiger partial charge on any atom is 0.224 e. The van der Waals surface area contributed by atoms with Gasteiger partial charge in [0, 0.05) is 38.8 Å². The normalized spacial score (nSPS) is 12.3. The van der Waals surface area contributed by atoms with E-state index in [0.29, 0.717) is 6.42 Å². The van der Waals surface area contributed by atoms with Crippen LogP contribution in [0.4, 0.5) is 5.69 Å². The molecule has 0 saturated carbocycles. The van der Waals surface area contributed by atoms with E-state index in [0.717, 1.165) is 12.2 Å². The summed E-state index contributed by atoms with van der Waals surface area (Å²) in [5.74, 6) is 0.145. The first-order valence-electron chi connectivity index (χ1n) is 7.00. The van der Waals surface area contributed by atoms with Crippen LogP contribution in [0.25, 0.3) is 0 Å². The van der Waals surface area contributed by atoms with Crippen LogP contribution in [-0.4, -0.2) is 49.9 Å². The predicted molar refractivity (Wildman–Crippen MR) is 85.0 cm³/mol. The summed E-state index contributed by atoms with van der Waals surface area (Å²) in [6, 6.07) is 6.52. The van der Waals surface area contributed by atoms with Crippen LogP contribution >= 0.6 is 0 Å². The lowest BCUT2D eigenvalue weighted by Gasteiger charge is -2.21. The maximum atomic E-state index is 11.7. The van der Waals surface area contributed by atoms with E-state index in [1.165, 1.54) is 11.1 Å². The van der Waals surface area contributed by atoms with Gasteiger partial charge in [0.05, 0.1) is 0 Å². The molecular formula is C16H27N3O. The Morgan fingerprint density at radius 1 is 1.25 bits per heavy atom. The highest BCUT2D eigenvalue weighted by Crippen LogP contribution is 2.20. The van der Waals surface area contributed by atoms with Gasteiger partial charge in [-0.05, 0) is 39.6 Å². The van der Waals surface area contributed by atoms with E-state index in [9.17, 15) is 4.79 Å². The Kier molecular flexibility index (Phi) is 6.02. The van der Waals surface area contributed by atoms with Gasteiger partial charge in [-0.1, -0.05) is 17.7 Å². The van der Waals surface area contributed by atoms with Gasteiger partial charge in [-0.2, -0.15) is 0 Å². The first kappa shape index (κ1) is 16.5. The number of amides is 1. The lowest BCUT2D eigenvalue weighted by atomic mass is 10.1. The first-order valence-corrected chi connectivity index (χ1v) is 7.00. The molecule has 0 unspecified atom stereocenters. The van der Waals surface area contributed by atoms with Gasteiger partial charge in [-0.3, -0.25) is 4.79 Å². The molecule has 0 radical (unpaired) electrons. The van der Waals surface area contributed by atoms with Crippen LogP contribution in [0, 0.1) is 6.92 Å². The molecule has 1 aromatic carbocycles. The molecule has 112 valence electrons. The quantitative estimate of drug-likeness (QED) is 0.867. The number of benzene rings is 1. The van der Waals surface area contributed by atoms with Crippen LogP contribution in [0.2, 0.25) is 0 Å². The smallest absolute Gasteiger partial charge is 0.224 e. The number of nitrogens with zero attached hydrogens (tertiary/aromatic N) is 2. The van der Waals surface area contributed by atoms with E-state index in [1.807, 2.05) is 6.92 Å². The topological polar surface area (TPSA) is 35.6 Å². The van der Waals surface area contributed by atoms with Crippen molar-refractivity contribution in [3.63, 3.8) is 0 Å². The Bertz CT molecular complexity index is 455. The molecule has 0 saturated heterocycles. The minimum absolute atomic E-state index is 0.119. The second kappa shape index (κ2) is 7.29. The first-order chi connectivity index (χ1) is 9.29. The molecule has 1 atom stereocenters. The Labute approximate surface area is 122 Å². The molecule has 20 heavy (non-hydrogen) atoms. The molecule has 0 fully saturated rings. The number of anilines is 1. The molecule has 4 heteroatoms. The van der Waals surface area contributed by atoms with E-state index >= 15 is 0 Å². The number of hydrogen-bond acceptors (Lipinski definition) is 3. The summed E-state index contributed by atoms with van der Waals surface area (Å²) in [5.41, 5.74) is 3.63. The average Bonchev–Trinajstić information content (AvgIpc) is 2.31. The van der Waals surface area contributed by atoms with Crippen molar-refractivity contribution >= 4 is 11.6 Å². The van der Waals surface area contributed by atoms with Gasteiger partial charge in [0.15, 0.2) is 0 Å². The molecule has 0 aliphatic carbocycles. The number of carbonyl (C=O) groups excluding carboxylic acids is 1. The number of aryl methyl sites for hydroxylation is 1. The lowest BCUT2D eigenvalue weighted by Crippen LogP contribution is -2.29. The fourth-order valence-electron chi connectivity index (χ4n) is 2.10. The summed E-state index contributed by atoms with van der Waals surface area (Å²) in [4.78, 5) is 15.5. The molecule has 0 spiro atoms. The van der Waals surface area contributed by atoms with Gasteiger partial charge in [0.1, 0.15) is 0 Å². The number of rotatable bonds is 6. The Balaban J connectivity index is 2.78. The van der Waals surface area contributed by atoms with E-state index in [2.05, 4.69) is 49.4 Å². The molecular weight excluding hydrogens is 250 g/mol. The Morgan fingerprint density at radius 3 is 2.45 bits per heavy atom. The van der Waals surface area contributed by atoms with Crippen molar-refractivity contribution in [1.29, 1.82) is 0 Å². The summed E-state index contributed by atoms with van der Waals surface area (Å²) < 4.78 is 0. The number of carbonyl (C=O) groups is 1. The van der Waals surface area contributed by atoms with E-state index < -0.39 is 0 Å². The van der Waals surface area contributed by atoms with E-state index in [4.69, 9.17) is 0 Å². The third-order valence-electron chi connectivity index (χ3n) is 3.13. The maximum absolute atomic E-state index is 11.7. The minimum Gasteiger partial charge on any atom is -0.382 e. The van der Waals surface area contributed by atoms with Gasteiger partial charge in [-0.25, -0.2) is 0 Å². The van der Waals surface area contributed by atoms with Gasteiger partial charge in [0.25, 0.3) is 0 Å². The van der Waals surface area contributed by atoms with Crippen LogP contribution in [0.5, 0.6) is 0 Å². The SMILES string of the molecule is Cc1ccc(N[C@H](C)CC(=O)N(C)C)c(CN(C)C)c1. The zero-order chi connectivity index (χ0) is 15.3. The third-order valence-corrected chi connectivity index (χ3v) is 3.13. The lowest BCUT2D eigenvalue weighted by molar-refractivity contribution is -0.128. The largest absolute Gasteiger partial charge is 0.382 e. The van der Waals surface area contributed by atoms with Crippen molar-refractivity contribution in [2.45, 2.75) is 32.9 Å². The van der Waals surface area contributed by atoms with Crippen LogP contribution in [-0.2, 0) is 11.3 Å². The molecule has 1 rings (SSSR count). The van der Waals surface area contributed by atoms with E-state index in [-0.39, 0.29) is 11.9 Å². The molecule has 1 amide bonds. The fourth-order valence-corrected chi connectivity index (χ4v) is 2.10. The molecule has 0 bridgehead atoms. The van der Waals surface area contributed by atoms with Gasteiger partial charge in [-0.15, -0.1) is 0 Å². The van der Waals surface area contributed by atoms with E-state index in [1.54, 1.807) is 19.0 Å². The molecule has 0 heterocycles. The second-order valence-corrected chi connectivity index (χ2v) is 5.94. The zero-order valence-electron chi connectivity index (χ0n) is 13.5. The summed E-state index contributed by atoms with van der Waals surface area (Å²) >= 11 is 0. The fraction of sp³-hybridized carbons (Fsp3) is 0.562. The molecule has 4 nitrogen and oxygen atoms in total. The van der Waals surface area contributed by atoms with Crippen molar-refractivity contribution in [3.8, 4) is 0 Å². The molecule has 1 N–H and O–H groups in total. The Morgan fingerprint density at radius 2 is 1.90 bits per heavy atom. The van der Waals surface area contributed by atoms with Gasteiger partial charge < -0.3 is 15.1 Å². The van der Waals surface area contributed by atoms with Crippen molar-refractivity contribution in [2.24, 2.45) is 0 Å². The van der Waals surface area contributed by atoms with Crippen LogP contribution in [0.3, 0.4) is 0 Å². The highest BCUT2D eigenvalue weighted by molar-refractivity contribution is 5.76. The summed E-state index contributed by atoms with van der Waals surface area (Å²) in [6.07, 6.45) is 0.502. The Hall–Kier alpha value is -1.55. The van der Waals surface area contributed by atoms with Crippen molar-refractivity contribution < 1.29 is 4.79 Å². The van der Waals surface area contributed by atoms with Gasteiger partial charge in [0.2, 0.25) is 5.91 Å². The highest BCUT2D eigenvalue weighted by Gasteiger charge is 2.12. The summed E-state index contributed by atoms with van der Waals surface area (Å²) in [5, 5.41) is 3.45. The number of hydrogen-bond donors (Lipinski definition) is 1. The highest BCUT2D eigenvalue weighted by atomic mass is 16.2. The van der Waals surface area contributed by atoms with Crippen molar-refractivity contribution in [1.82, 2.24) is 9.80 Å². The number of nitrogens with one attached hydrogen (secondary N) is 1. The molecule has 0 aliphatic heterocycles. The second-order valence-electron chi connectivity index (χ2n) is 5.94. The molecule has 0 aromatic heterocycles. The monoisotopic (exact) mass is 277 g/mol. The van der Waals surface area contributed by atoms with Crippen LogP contribution in [0.1, 0.15) is 24.5 Å². The summed E-state index contributed by atoms with van der Waals surface area (Å²) in [6.45, 7) is 5.03. The van der Waals surface area contributed by atoms with Crippen LogP contribution < -0.4 is 5.32 Å². The standard InChI is InChI=1S/C16H27N3O/c1-12-7-8-15(14(9-12)11-18(3)4)17-13(2)10-16(20)19(5)6/h7-9,13,17H,10-11H2,1-6H3/t13-/m1/s1. The summed E-state index contributed by atoms with van der Waals surface area (Å²) in [7, 11) is 7.70.